The number of nitrogens with zero attached hydrogens (tertiary/aromatic N) is 3. The number of nitrogens with one attached hydrogen (secondary N) is 4. The quantitative estimate of drug-likeness (QED) is 0.385. The lowest BCUT2D eigenvalue weighted by molar-refractivity contribution is 0.0943. The number of ether oxygens (including phenoxy) is 2. The predicted octanol–water partition coefficient (Wildman–Crippen LogP) is 1.81. The summed E-state index contributed by atoms with van der Waals surface area (Å²) >= 11 is 0. The van der Waals surface area contributed by atoms with Gasteiger partial charge in [0.1, 0.15) is 12.4 Å². The maximum Gasteiger partial charge on any atom is 0.406 e. The van der Waals surface area contributed by atoms with Crippen molar-refractivity contribution >= 4 is 23.6 Å². The SMILES string of the molecule is COC(=O)NCCCNC(=O)c1nc(Nc2cc(C)[nH]n2)ccc1OCCN1CCCC1. The minimum atomic E-state index is -0.501. The minimum Gasteiger partial charge on any atom is -0.490 e. The second-order valence-electron chi connectivity index (χ2n) is 7.53. The van der Waals surface area contributed by atoms with Crippen LogP contribution in [0, 0.1) is 6.92 Å². The first-order chi connectivity index (χ1) is 15.5. The first kappa shape index (κ1) is 23.3. The highest BCUT2D eigenvalue weighted by atomic mass is 16.5. The van der Waals surface area contributed by atoms with Gasteiger partial charge in [0.2, 0.25) is 0 Å². The van der Waals surface area contributed by atoms with Crippen molar-refractivity contribution in [2.75, 3.05) is 51.8 Å². The molecule has 1 fully saturated rings. The molecule has 0 aliphatic carbocycles. The summed E-state index contributed by atoms with van der Waals surface area (Å²) in [5, 5.41) is 15.5. The van der Waals surface area contributed by atoms with Crippen molar-refractivity contribution in [3.8, 4) is 5.75 Å². The number of pyridine rings is 1. The van der Waals surface area contributed by atoms with Crippen LogP contribution in [-0.2, 0) is 4.74 Å². The zero-order valence-corrected chi connectivity index (χ0v) is 18.6. The maximum atomic E-state index is 12.8. The van der Waals surface area contributed by atoms with Crippen LogP contribution < -0.4 is 20.7 Å². The van der Waals surface area contributed by atoms with Gasteiger partial charge in [-0.05, 0) is 51.4 Å². The Labute approximate surface area is 187 Å². The third-order valence-corrected chi connectivity index (χ3v) is 4.99. The first-order valence-corrected chi connectivity index (χ1v) is 10.8. The van der Waals surface area contributed by atoms with Gasteiger partial charge in [-0.2, -0.15) is 5.10 Å². The van der Waals surface area contributed by atoms with E-state index in [9.17, 15) is 9.59 Å². The number of H-pyrrole nitrogens is 1. The molecule has 4 N–H and O–H groups in total. The molecule has 11 heteroatoms. The van der Waals surface area contributed by atoms with E-state index < -0.39 is 6.09 Å². The van der Waals surface area contributed by atoms with Crippen molar-refractivity contribution in [1.29, 1.82) is 0 Å². The summed E-state index contributed by atoms with van der Waals surface area (Å²) in [5.41, 5.74) is 1.11. The number of likely N-dealkylation sites (tertiary alicyclic amines) is 1. The average molecular weight is 446 g/mol. The molecule has 0 atom stereocenters. The van der Waals surface area contributed by atoms with Crippen LogP contribution in [0.2, 0.25) is 0 Å². The third kappa shape index (κ3) is 7.12. The topological polar surface area (TPSA) is 134 Å². The molecule has 3 heterocycles. The van der Waals surface area contributed by atoms with E-state index in [0.717, 1.165) is 25.3 Å². The second kappa shape index (κ2) is 11.9. The molecular formula is C21H31N7O4. The Kier molecular flexibility index (Phi) is 8.67. The van der Waals surface area contributed by atoms with Crippen molar-refractivity contribution < 1.29 is 19.1 Å². The second-order valence-corrected chi connectivity index (χ2v) is 7.53. The lowest BCUT2D eigenvalue weighted by atomic mass is 10.3. The van der Waals surface area contributed by atoms with Gasteiger partial charge in [0, 0.05) is 31.4 Å². The number of carbonyl (C=O) groups excluding carboxylic acids is 2. The lowest BCUT2D eigenvalue weighted by Crippen LogP contribution is -2.31. The van der Waals surface area contributed by atoms with E-state index in [0.29, 0.717) is 43.5 Å². The van der Waals surface area contributed by atoms with Crippen LogP contribution in [0.3, 0.4) is 0 Å². The van der Waals surface area contributed by atoms with Gasteiger partial charge in [0.05, 0.1) is 7.11 Å². The van der Waals surface area contributed by atoms with Gasteiger partial charge in [0.15, 0.2) is 17.3 Å². The standard InChI is InChI=1S/C21H31N7O4/c1-15-14-18(27-26-15)24-17-7-6-16(32-13-12-28-10-3-4-11-28)19(25-17)20(29)22-8-5-9-23-21(30)31-2/h6-7,14H,3-5,8-13H2,1-2H3,(H,22,29)(H,23,30)(H2,24,25,26,27). The Hall–Kier alpha value is -3.34. The molecule has 0 saturated carbocycles. The van der Waals surface area contributed by atoms with Crippen LogP contribution in [0.15, 0.2) is 18.2 Å². The number of methoxy groups -OCH3 is 1. The van der Waals surface area contributed by atoms with Crippen molar-refractivity contribution in [1.82, 2.24) is 30.7 Å². The van der Waals surface area contributed by atoms with E-state index in [4.69, 9.17) is 4.74 Å². The van der Waals surface area contributed by atoms with Gasteiger partial charge in [-0.25, -0.2) is 9.78 Å². The Morgan fingerprint density at radius 2 is 1.94 bits per heavy atom. The number of amides is 2. The number of hydrogen-bond donors (Lipinski definition) is 4. The number of aromatic amines is 1. The molecule has 2 aromatic heterocycles. The number of aryl methyl sites for hydroxylation is 1. The maximum absolute atomic E-state index is 12.8. The van der Waals surface area contributed by atoms with E-state index in [2.05, 4.69) is 40.8 Å². The van der Waals surface area contributed by atoms with Crippen molar-refractivity contribution in [3.63, 3.8) is 0 Å². The molecule has 1 aliphatic rings. The van der Waals surface area contributed by atoms with Crippen LogP contribution in [0.25, 0.3) is 0 Å². The van der Waals surface area contributed by atoms with Gasteiger partial charge < -0.3 is 25.4 Å². The van der Waals surface area contributed by atoms with E-state index in [1.807, 2.05) is 13.0 Å². The fourth-order valence-electron chi connectivity index (χ4n) is 3.34. The summed E-state index contributed by atoms with van der Waals surface area (Å²) in [5.74, 6) is 1.18. The molecule has 2 aromatic rings. The molecule has 0 unspecified atom stereocenters. The van der Waals surface area contributed by atoms with Crippen LogP contribution in [-0.4, -0.2) is 78.5 Å². The number of anilines is 2. The lowest BCUT2D eigenvalue weighted by Gasteiger charge is -2.16. The van der Waals surface area contributed by atoms with Gasteiger partial charge >= 0.3 is 6.09 Å². The zero-order chi connectivity index (χ0) is 22.8. The third-order valence-electron chi connectivity index (χ3n) is 4.99. The molecule has 0 radical (unpaired) electrons. The predicted molar refractivity (Wildman–Crippen MR) is 119 cm³/mol. The van der Waals surface area contributed by atoms with Gasteiger partial charge in [-0.15, -0.1) is 0 Å². The largest absolute Gasteiger partial charge is 0.490 e. The number of carbonyl (C=O) groups is 2. The highest BCUT2D eigenvalue weighted by Gasteiger charge is 2.17. The van der Waals surface area contributed by atoms with Crippen molar-refractivity contribution in [2.24, 2.45) is 0 Å². The summed E-state index contributed by atoms with van der Waals surface area (Å²) < 4.78 is 10.4. The zero-order valence-electron chi connectivity index (χ0n) is 18.6. The van der Waals surface area contributed by atoms with E-state index >= 15 is 0 Å². The van der Waals surface area contributed by atoms with Gasteiger partial charge in [0.25, 0.3) is 5.91 Å². The highest BCUT2D eigenvalue weighted by Crippen LogP contribution is 2.22. The molecule has 2 amide bonds. The normalized spacial score (nSPS) is 13.6. The van der Waals surface area contributed by atoms with Crippen LogP contribution >= 0.6 is 0 Å². The van der Waals surface area contributed by atoms with Crippen LogP contribution in [0.1, 0.15) is 35.4 Å². The number of alkyl carbamates (subject to hydrolysis) is 1. The van der Waals surface area contributed by atoms with E-state index in [-0.39, 0.29) is 11.6 Å². The first-order valence-electron chi connectivity index (χ1n) is 10.8. The number of rotatable bonds is 11. The Morgan fingerprint density at radius 1 is 1.16 bits per heavy atom. The molecule has 32 heavy (non-hydrogen) atoms. The molecule has 3 rings (SSSR count). The van der Waals surface area contributed by atoms with Gasteiger partial charge in [-0.3, -0.25) is 14.8 Å². The summed E-state index contributed by atoms with van der Waals surface area (Å²) in [7, 11) is 1.30. The molecule has 174 valence electrons. The number of aromatic nitrogens is 3. The molecule has 1 aliphatic heterocycles. The van der Waals surface area contributed by atoms with Crippen molar-refractivity contribution in [2.45, 2.75) is 26.2 Å². The van der Waals surface area contributed by atoms with E-state index in [1.165, 1.54) is 20.0 Å². The summed E-state index contributed by atoms with van der Waals surface area (Å²) in [6.45, 7) is 6.12. The summed E-state index contributed by atoms with van der Waals surface area (Å²) in [6, 6.07) is 5.34. The van der Waals surface area contributed by atoms with Crippen LogP contribution in [0.4, 0.5) is 16.4 Å². The monoisotopic (exact) mass is 445 g/mol. The molecule has 0 bridgehead atoms. The molecule has 0 aromatic carbocycles. The molecule has 11 nitrogen and oxygen atoms in total. The molecular weight excluding hydrogens is 414 g/mol. The summed E-state index contributed by atoms with van der Waals surface area (Å²) in [6.07, 6.45) is 2.48. The van der Waals surface area contributed by atoms with Gasteiger partial charge in [-0.1, -0.05) is 0 Å². The fraction of sp³-hybridized carbons (Fsp3) is 0.524. The molecule has 1 saturated heterocycles. The Bertz CT molecular complexity index is 896. The number of hydrogen-bond acceptors (Lipinski definition) is 8. The summed E-state index contributed by atoms with van der Waals surface area (Å²) in [4.78, 5) is 30.7. The highest BCUT2D eigenvalue weighted by molar-refractivity contribution is 5.95. The minimum absolute atomic E-state index is 0.199. The average Bonchev–Trinajstić information content (AvgIpc) is 3.45. The Morgan fingerprint density at radius 3 is 2.66 bits per heavy atom. The van der Waals surface area contributed by atoms with Crippen LogP contribution in [0.5, 0.6) is 5.75 Å². The van der Waals surface area contributed by atoms with Crippen molar-refractivity contribution in [3.05, 3.63) is 29.6 Å². The Balaban J connectivity index is 1.61. The van der Waals surface area contributed by atoms with E-state index in [1.54, 1.807) is 12.1 Å². The molecule has 0 spiro atoms. The fourth-order valence-corrected chi connectivity index (χ4v) is 3.34. The smallest absolute Gasteiger partial charge is 0.406 e.